The van der Waals surface area contributed by atoms with Gasteiger partial charge in [0.05, 0.1) is 12.3 Å². The van der Waals surface area contributed by atoms with E-state index in [0.29, 0.717) is 30.7 Å². The third-order valence-corrected chi connectivity index (χ3v) is 4.96. The molecule has 0 aliphatic carbocycles. The number of allylic oxidation sites excluding steroid dienone is 1. The molecule has 0 radical (unpaired) electrons. The highest BCUT2D eigenvalue weighted by molar-refractivity contribution is 6.00. The molecule has 0 saturated carbocycles. The smallest absolute Gasteiger partial charge is 0.412 e. The number of hydrogen-bond donors (Lipinski definition) is 3. The largest absolute Gasteiger partial charge is 0.491 e. The number of fused-ring (bicyclic) bond motifs is 1. The van der Waals surface area contributed by atoms with Crippen molar-refractivity contribution in [2.75, 3.05) is 18.5 Å². The van der Waals surface area contributed by atoms with Gasteiger partial charge in [0, 0.05) is 11.5 Å². The second-order valence-electron chi connectivity index (χ2n) is 7.36. The summed E-state index contributed by atoms with van der Waals surface area (Å²) in [6.45, 7) is 0.0596. The highest BCUT2D eigenvalue weighted by Crippen LogP contribution is 2.29. The Morgan fingerprint density at radius 3 is 2.64 bits per heavy atom. The van der Waals surface area contributed by atoms with Gasteiger partial charge < -0.3 is 19.7 Å². The minimum absolute atomic E-state index is 0.104. The number of carboxylic acids is 1. The second kappa shape index (κ2) is 12.3. The lowest BCUT2D eigenvalue weighted by atomic mass is 10.0. The molecule has 7 nitrogen and oxygen atoms in total. The summed E-state index contributed by atoms with van der Waals surface area (Å²) in [5, 5.41) is 22.5. The number of aliphatic hydroxyl groups excluding tert-OH is 1. The van der Waals surface area contributed by atoms with E-state index >= 15 is 0 Å². The molecular formula is C26H27NO6. The molecule has 0 aliphatic heterocycles. The van der Waals surface area contributed by atoms with Crippen molar-refractivity contribution in [3.63, 3.8) is 0 Å². The third kappa shape index (κ3) is 7.36. The minimum atomic E-state index is -0.994. The molecule has 0 aromatic heterocycles. The van der Waals surface area contributed by atoms with Crippen molar-refractivity contribution < 1.29 is 29.3 Å². The van der Waals surface area contributed by atoms with Crippen molar-refractivity contribution in [1.82, 2.24) is 0 Å². The number of benzene rings is 3. The molecule has 172 valence electrons. The Morgan fingerprint density at radius 2 is 1.82 bits per heavy atom. The van der Waals surface area contributed by atoms with Crippen LogP contribution in [-0.4, -0.2) is 35.5 Å². The number of carbonyl (C=O) groups excluding carboxylic acids is 1. The summed E-state index contributed by atoms with van der Waals surface area (Å²) in [6, 6.07) is 20.6. The monoisotopic (exact) mass is 449 g/mol. The first kappa shape index (κ1) is 23.8. The molecule has 0 fully saturated rings. The second-order valence-corrected chi connectivity index (χ2v) is 7.36. The molecule has 0 aliphatic rings. The molecule has 0 unspecified atom stereocenters. The maximum Gasteiger partial charge on any atom is 0.412 e. The highest BCUT2D eigenvalue weighted by Gasteiger charge is 2.18. The number of hydrogen-bond acceptors (Lipinski definition) is 5. The Kier molecular flexibility index (Phi) is 8.85. The van der Waals surface area contributed by atoms with Gasteiger partial charge in [-0.1, -0.05) is 54.6 Å². The first-order chi connectivity index (χ1) is 16.1. The van der Waals surface area contributed by atoms with Crippen LogP contribution in [0.1, 0.15) is 30.9 Å². The number of aliphatic hydroxyl groups is 1. The van der Waals surface area contributed by atoms with E-state index in [1.807, 2.05) is 48.5 Å². The molecule has 3 rings (SSSR count). The molecule has 1 atom stereocenters. The predicted octanol–water partition coefficient (Wildman–Crippen LogP) is 5.31. The highest BCUT2D eigenvalue weighted by atomic mass is 16.6. The van der Waals surface area contributed by atoms with Gasteiger partial charge >= 0.3 is 12.1 Å². The summed E-state index contributed by atoms with van der Waals surface area (Å²) in [7, 11) is 0. The Balaban J connectivity index is 1.73. The molecular weight excluding hydrogens is 422 g/mol. The van der Waals surface area contributed by atoms with Crippen LogP contribution in [0, 0.1) is 0 Å². The van der Waals surface area contributed by atoms with Gasteiger partial charge in [0.15, 0.2) is 0 Å². The summed E-state index contributed by atoms with van der Waals surface area (Å²) >= 11 is 0. The van der Waals surface area contributed by atoms with Gasteiger partial charge in [-0.05, 0) is 48.4 Å². The fourth-order valence-corrected chi connectivity index (χ4v) is 3.47. The fraction of sp³-hybridized carbons (Fsp3) is 0.231. The zero-order valence-corrected chi connectivity index (χ0v) is 18.1. The molecule has 0 bridgehead atoms. The van der Waals surface area contributed by atoms with E-state index in [1.54, 1.807) is 24.3 Å². The van der Waals surface area contributed by atoms with Crippen LogP contribution in [0.4, 0.5) is 10.5 Å². The number of carboxylic acid groups (broad SMARTS) is 1. The SMILES string of the molecule is O=C(O)/C=C/CCC[C@@H](OC(=O)Nc1cccc2ccccc12)c1cccc(OCCO)c1. The lowest BCUT2D eigenvalue weighted by Crippen LogP contribution is -2.18. The van der Waals surface area contributed by atoms with Crippen molar-refractivity contribution in [2.45, 2.75) is 25.4 Å². The standard InChI is InChI=1S/C26H27NO6/c28-16-17-32-21-11-6-10-20(18-21)24(14-2-1-3-15-25(29)30)33-26(31)27-23-13-7-9-19-8-4-5-12-22(19)23/h3-13,15,18,24,28H,1-2,14,16-17H2,(H,27,31)(H,29,30)/b15-3+/t24-/m1/s1. The maximum absolute atomic E-state index is 12.8. The Morgan fingerprint density at radius 1 is 1.03 bits per heavy atom. The van der Waals surface area contributed by atoms with Crippen LogP contribution >= 0.6 is 0 Å². The third-order valence-electron chi connectivity index (χ3n) is 4.96. The van der Waals surface area contributed by atoms with E-state index in [-0.39, 0.29) is 13.2 Å². The molecule has 1 amide bonds. The summed E-state index contributed by atoms with van der Waals surface area (Å²) in [5.41, 5.74) is 1.40. The Bertz CT molecular complexity index is 1110. The quantitative estimate of drug-likeness (QED) is 0.271. The van der Waals surface area contributed by atoms with E-state index in [1.165, 1.54) is 0 Å². The van der Waals surface area contributed by atoms with Crippen LogP contribution in [-0.2, 0) is 9.53 Å². The number of unbranched alkanes of at least 4 members (excludes halogenated alkanes) is 1. The molecule has 3 aromatic carbocycles. The number of ether oxygens (including phenoxy) is 2. The average Bonchev–Trinajstić information content (AvgIpc) is 2.82. The van der Waals surface area contributed by atoms with Crippen molar-refractivity contribution in [1.29, 1.82) is 0 Å². The van der Waals surface area contributed by atoms with E-state index in [0.717, 1.165) is 22.4 Å². The molecule has 0 heterocycles. The van der Waals surface area contributed by atoms with Gasteiger partial charge in [0.1, 0.15) is 18.5 Å². The van der Waals surface area contributed by atoms with Gasteiger partial charge in [-0.3, -0.25) is 5.32 Å². The van der Waals surface area contributed by atoms with Crippen molar-refractivity contribution in [2.24, 2.45) is 0 Å². The molecule has 33 heavy (non-hydrogen) atoms. The number of amides is 1. The average molecular weight is 450 g/mol. The molecule has 0 saturated heterocycles. The normalized spacial score (nSPS) is 11.9. The first-order valence-electron chi connectivity index (χ1n) is 10.8. The van der Waals surface area contributed by atoms with Gasteiger partial charge in [-0.25, -0.2) is 9.59 Å². The van der Waals surface area contributed by atoms with Crippen molar-refractivity contribution in [3.8, 4) is 5.75 Å². The van der Waals surface area contributed by atoms with Crippen molar-refractivity contribution in [3.05, 3.63) is 84.4 Å². The lowest BCUT2D eigenvalue weighted by molar-refractivity contribution is -0.131. The van der Waals surface area contributed by atoms with E-state index in [9.17, 15) is 9.59 Å². The van der Waals surface area contributed by atoms with Crippen LogP contribution in [0.3, 0.4) is 0 Å². The first-order valence-corrected chi connectivity index (χ1v) is 10.8. The topological polar surface area (TPSA) is 105 Å². The number of rotatable bonds is 11. The summed E-state index contributed by atoms with van der Waals surface area (Å²) < 4.78 is 11.3. The molecule has 3 aromatic rings. The van der Waals surface area contributed by atoms with Crippen LogP contribution in [0.15, 0.2) is 78.9 Å². The molecule has 3 N–H and O–H groups in total. The van der Waals surface area contributed by atoms with Gasteiger partial charge in [-0.2, -0.15) is 0 Å². The van der Waals surface area contributed by atoms with Crippen molar-refractivity contribution >= 4 is 28.5 Å². The zero-order chi connectivity index (χ0) is 23.5. The summed E-state index contributed by atoms with van der Waals surface area (Å²) in [4.78, 5) is 23.4. The Hall–Kier alpha value is -3.84. The number of nitrogens with one attached hydrogen (secondary N) is 1. The Labute approximate surface area is 192 Å². The zero-order valence-electron chi connectivity index (χ0n) is 18.1. The van der Waals surface area contributed by atoms with E-state index in [2.05, 4.69) is 5.32 Å². The molecule has 7 heteroatoms. The maximum atomic E-state index is 12.8. The minimum Gasteiger partial charge on any atom is -0.491 e. The van der Waals surface area contributed by atoms with Gasteiger partial charge in [-0.15, -0.1) is 0 Å². The van der Waals surface area contributed by atoms with E-state index < -0.39 is 18.2 Å². The summed E-state index contributed by atoms with van der Waals surface area (Å²) in [6.07, 6.45) is 3.20. The fourth-order valence-electron chi connectivity index (χ4n) is 3.47. The predicted molar refractivity (Wildman–Crippen MR) is 126 cm³/mol. The van der Waals surface area contributed by atoms with Crippen LogP contribution < -0.4 is 10.1 Å². The van der Waals surface area contributed by atoms with Gasteiger partial charge in [0.2, 0.25) is 0 Å². The van der Waals surface area contributed by atoms with Crippen LogP contribution in [0.2, 0.25) is 0 Å². The van der Waals surface area contributed by atoms with Crippen LogP contribution in [0.25, 0.3) is 10.8 Å². The molecule has 0 spiro atoms. The van der Waals surface area contributed by atoms with Gasteiger partial charge in [0.25, 0.3) is 0 Å². The lowest BCUT2D eigenvalue weighted by Gasteiger charge is -2.20. The number of anilines is 1. The van der Waals surface area contributed by atoms with E-state index in [4.69, 9.17) is 19.7 Å². The van der Waals surface area contributed by atoms with Crippen LogP contribution in [0.5, 0.6) is 5.75 Å². The number of carbonyl (C=O) groups is 2. The number of aliphatic carboxylic acids is 1. The summed E-state index contributed by atoms with van der Waals surface area (Å²) in [5.74, 6) is -0.429.